The molecule has 0 saturated heterocycles. The van der Waals surface area contributed by atoms with Crippen LogP contribution in [0.2, 0.25) is 0 Å². The SMILES string of the molecule is Cc1cccc(C2=CCC(c3ccccc3)CC2)c1. The molecule has 1 aliphatic carbocycles. The van der Waals surface area contributed by atoms with Crippen LogP contribution in [-0.4, -0.2) is 0 Å². The van der Waals surface area contributed by atoms with E-state index in [9.17, 15) is 0 Å². The fourth-order valence-corrected chi connectivity index (χ4v) is 2.97. The number of allylic oxidation sites excluding steroid dienone is 2. The quantitative estimate of drug-likeness (QED) is 0.672. The third-order valence-electron chi connectivity index (χ3n) is 4.07. The van der Waals surface area contributed by atoms with Gasteiger partial charge >= 0.3 is 0 Å². The highest BCUT2D eigenvalue weighted by Crippen LogP contribution is 2.35. The Labute approximate surface area is 115 Å². The Morgan fingerprint density at radius 3 is 2.47 bits per heavy atom. The number of aryl methyl sites for hydroxylation is 1. The van der Waals surface area contributed by atoms with E-state index in [1.807, 2.05) is 0 Å². The lowest BCUT2D eigenvalue weighted by Gasteiger charge is -2.22. The molecule has 0 saturated carbocycles. The van der Waals surface area contributed by atoms with Crippen molar-refractivity contribution >= 4 is 5.57 Å². The molecule has 0 bridgehead atoms. The van der Waals surface area contributed by atoms with Gasteiger partial charge in [-0.2, -0.15) is 0 Å². The topological polar surface area (TPSA) is 0 Å². The van der Waals surface area contributed by atoms with Crippen molar-refractivity contribution in [2.75, 3.05) is 0 Å². The molecule has 0 heteroatoms. The Bertz CT molecular complexity index is 578. The van der Waals surface area contributed by atoms with Gasteiger partial charge in [-0.1, -0.05) is 66.2 Å². The minimum Gasteiger partial charge on any atom is -0.0801 e. The maximum atomic E-state index is 2.44. The highest BCUT2D eigenvalue weighted by atomic mass is 14.2. The summed E-state index contributed by atoms with van der Waals surface area (Å²) in [5.74, 6) is 0.703. The molecule has 0 fully saturated rings. The van der Waals surface area contributed by atoms with E-state index in [1.165, 1.54) is 41.5 Å². The molecule has 1 aliphatic rings. The molecule has 1 atom stereocenters. The van der Waals surface area contributed by atoms with Gasteiger partial charge in [0.1, 0.15) is 0 Å². The number of benzene rings is 2. The molecular weight excluding hydrogens is 228 g/mol. The van der Waals surface area contributed by atoms with Crippen LogP contribution in [0, 0.1) is 6.92 Å². The monoisotopic (exact) mass is 248 g/mol. The molecule has 0 aliphatic heterocycles. The zero-order valence-electron chi connectivity index (χ0n) is 11.5. The van der Waals surface area contributed by atoms with E-state index >= 15 is 0 Å². The Kier molecular flexibility index (Phi) is 3.50. The van der Waals surface area contributed by atoms with Crippen LogP contribution < -0.4 is 0 Å². The van der Waals surface area contributed by atoms with Crippen LogP contribution in [0.25, 0.3) is 5.57 Å². The standard InChI is InChI=1S/C19H20/c1-15-6-5-9-19(14-15)18-12-10-17(11-13-18)16-7-3-2-4-8-16/h2-9,12,14,17H,10-11,13H2,1H3. The van der Waals surface area contributed by atoms with Crippen molar-refractivity contribution in [1.82, 2.24) is 0 Å². The van der Waals surface area contributed by atoms with E-state index in [2.05, 4.69) is 67.6 Å². The molecule has 0 spiro atoms. The first-order valence-electron chi connectivity index (χ1n) is 7.14. The van der Waals surface area contributed by atoms with Gasteiger partial charge in [0.25, 0.3) is 0 Å². The van der Waals surface area contributed by atoms with Crippen molar-refractivity contribution in [2.45, 2.75) is 32.1 Å². The summed E-state index contributed by atoms with van der Waals surface area (Å²) >= 11 is 0. The summed E-state index contributed by atoms with van der Waals surface area (Å²) in [4.78, 5) is 0. The van der Waals surface area contributed by atoms with Crippen molar-refractivity contribution in [3.05, 3.63) is 77.4 Å². The Morgan fingerprint density at radius 2 is 1.79 bits per heavy atom. The summed E-state index contributed by atoms with van der Waals surface area (Å²) < 4.78 is 0. The molecule has 0 amide bonds. The van der Waals surface area contributed by atoms with Crippen molar-refractivity contribution < 1.29 is 0 Å². The number of rotatable bonds is 2. The Hall–Kier alpha value is -1.82. The van der Waals surface area contributed by atoms with Crippen molar-refractivity contribution in [1.29, 1.82) is 0 Å². The van der Waals surface area contributed by atoms with Gasteiger partial charge in [0.15, 0.2) is 0 Å². The molecule has 2 aromatic carbocycles. The molecule has 0 nitrogen and oxygen atoms in total. The van der Waals surface area contributed by atoms with Crippen LogP contribution in [0.3, 0.4) is 0 Å². The van der Waals surface area contributed by atoms with Gasteiger partial charge in [0, 0.05) is 0 Å². The van der Waals surface area contributed by atoms with Crippen molar-refractivity contribution in [2.24, 2.45) is 0 Å². The lowest BCUT2D eigenvalue weighted by Crippen LogP contribution is -2.04. The lowest BCUT2D eigenvalue weighted by molar-refractivity contribution is 0.625. The molecule has 0 heterocycles. The molecular formula is C19H20. The van der Waals surface area contributed by atoms with Gasteiger partial charge in [-0.3, -0.25) is 0 Å². The smallest absolute Gasteiger partial charge is 0.0124 e. The molecule has 19 heavy (non-hydrogen) atoms. The Morgan fingerprint density at radius 1 is 0.947 bits per heavy atom. The molecule has 0 aromatic heterocycles. The van der Waals surface area contributed by atoms with Gasteiger partial charge < -0.3 is 0 Å². The minimum absolute atomic E-state index is 0.703. The molecule has 0 radical (unpaired) electrons. The van der Waals surface area contributed by atoms with E-state index in [4.69, 9.17) is 0 Å². The van der Waals surface area contributed by atoms with Crippen LogP contribution in [0.4, 0.5) is 0 Å². The maximum absolute atomic E-state index is 2.44. The lowest BCUT2D eigenvalue weighted by atomic mass is 9.82. The van der Waals surface area contributed by atoms with Crippen LogP contribution in [0.15, 0.2) is 60.7 Å². The van der Waals surface area contributed by atoms with Gasteiger partial charge in [-0.05, 0) is 48.8 Å². The van der Waals surface area contributed by atoms with Crippen LogP contribution in [0.5, 0.6) is 0 Å². The first-order valence-corrected chi connectivity index (χ1v) is 7.14. The third kappa shape index (κ3) is 2.78. The zero-order valence-corrected chi connectivity index (χ0v) is 11.5. The van der Waals surface area contributed by atoms with E-state index in [-0.39, 0.29) is 0 Å². The average molecular weight is 248 g/mol. The summed E-state index contributed by atoms with van der Waals surface area (Å²) in [5, 5.41) is 0. The third-order valence-corrected chi connectivity index (χ3v) is 4.07. The van der Waals surface area contributed by atoms with Gasteiger partial charge in [0.05, 0.1) is 0 Å². The fourth-order valence-electron chi connectivity index (χ4n) is 2.97. The molecule has 2 aromatic rings. The predicted molar refractivity (Wildman–Crippen MR) is 82.2 cm³/mol. The predicted octanol–water partition coefficient (Wildman–Crippen LogP) is 5.35. The first kappa shape index (κ1) is 12.2. The Balaban J connectivity index is 1.77. The van der Waals surface area contributed by atoms with E-state index in [0.717, 1.165) is 0 Å². The summed E-state index contributed by atoms with van der Waals surface area (Å²) in [6, 6.07) is 19.8. The van der Waals surface area contributed by atoms with Crippen LogP contribution in [0.1, 0.15) is 41.9 Å². The molecule has 0 N–H and O–H groups in total. The largest absolute Gasteiger partial charge is 0.0801 e. The molecule has 3 rings (SSSR count). The average Bonchev–Trinajstić information content (AvgIpc) is 2.48. The highest BCUT2D eigenvalue weighted by Gasteiger charge is 2.16. The second kappa shape index (κ2) is 5.44. The van der Waals surface area contributed by atoms with Crippen LogP contribution in [-0.2, 0) is 0 Å². The number of hydrogen-bond donors (Lipinski definition) is 0. The van der Waals surface area contributed by atoms with Gasteiger partial charge in [-0.25, -0.2) is 0 Å². The summed E-state index contributed by atoms with van der Waals surface area (Å²) in [5.41, 5.74) is 5.77. The van der Waals surface area contributed by atoms with E-state index < -0.39 is 0 Å². The van der Waals surface area contributed by atoms with E-state index in [1.54, 1.807) is 0 Å². The maximum Gasteiger partial charge on any atom is -0.0124 e. The van der Waals surface area contributed by atoms with Crippen molar-refractivity contribution in [3.63, 3.8) is 0 Å². The van der Waals surface area contributed by atoms with Crippen molar-refractivity contribution in [3.8, 4) is 0 Å². The summed E-state index contributed by atoms with van der Waals surface area (Å²) in [7, 11) is 0. The first-order chi connectivity index (χ1) is 9.33. The normalized spacial score (nSPS) is 19.0. The highest BCUT2D eigenvalue weighted by molar-refractivity contribution is 5.67. The second-order valence-corrected chi connectivity index (χ2v) is 5.48. The van der Waals surface area contributed by atoms with Gasteiger partial charge in [0.2, 0.25) is 0 Å². The zero-order chi connectivity index (χ0) is 13.1. The second-order valence-electron chi connectivity index (χ2n) is 5.48. The summed E-state index contributed by atoms with van der Waals surface area (Å²) in [6.45, 7) is 2.17. The molecule has 1 unspecified atom stereocenters. The van der Waals surface area contributed by atoms with E-state index in [0.29, 0.717) is 5.92 Å². The fraction of sp³-hybridized carbons (Fsp3) is 0.263. The van der Waals surface area contributed by atoms with Gasteiger partial charge in [-0.15, -0.1) is 0 Å². The van der Waals surface area contributed by atoms with Crippen LogP contribution >= 0.6 is 0 Å². The summed E-state index contributed by atoms with van der Waals surface area (Å²) in [6.07, 6.45) is 6.08. The number of hydrogen-bond acceptors (Lipinski definition) is 0. The minimum atomic E-state index is 0.703. The molecule has 96 valence electrons.